The molecule has 2 heterocycles. The van der Waals surface area contributed by atoms with Crippen LogP contribution in [0.5, 0.6) is 0 Å². The van der Waals surface area contributed by atoms with Crippen LogP contribution in [0.4, 0.5) is 0 Å². The first kappa shape index (κ1) is 16.9. The van der Waals surface area contributed by atoms with Crippen molar-refractivity contribution in [3.8, 4) is 0 Å². The van der Waals surface area contributed by atoms with Gasteiger partial charge in [-0.05, 0) is 36.0 Å². The van der Waals surface area contributed by atoms with Gasteiger partial charge < -0.3 is 14.2 Å². The van der Waals surface area contributed by atoms with Gasteiger partial charge >= 0.3 is 0 Å². The highest BCUT2D eigenvalue weighted by molar-refractivity contribution is 6.31. The molecule has 0 bridgehead atoms. The molecule has 1 aliphatic carbocycles. The molecular formula is C20H25ClN2O2. The third-order valence-corrected chi connectivity index (χ3v) is 6.58. The fraction of sp³-hybridized carbons (Fsp3) is 0.550. The molecule has 1 saturated heterocycles. The lowest BCUT2D eigenvalue weighted by Crippen LogP contribution is -2.55. The number of carbonyl (C=O) groups excluding carboxylic acids is 1. The van der Waals surface area contributed by atoms with E-state index in [0.29, 0.717) is 10.9 Å². The summed E-state index contributed by atoms with van der Waals surface area (Å²) >= 11 is 6.11. The van der Waals surface area contributed by atoms with E-state index in [-0.39, 0.29) is 16.7 Å². The minimum Gasteiger partial charge on any atom is -0.384 e. The lowest BCUT2D eigenvalue weighted by molar-refractivity contribution is -0.107. The standard InChI is InChI=1S/C20H25ClN2O2/c1-19(2)10-20(12-25-4)11-23(9-17(19)20)18(24)16-7-13-5-6-14(21)8-15(13)22(16)3/h5-8,17H,9-12H2,1-4H3/t17-,20-/m1/s1. The van der Waals surface area contributed by atoms with Gasteiger partial charge in [0.15, 0.2) is 0 Å². The lowest BCUT2D eigenvalue weighted by Gasteiger charge is -2.56. The molecule has 4 nitrogen and oxygen atoms in total. The number of aryl methyl sites for hydroxylation is 1. The van der Waals surface area contributed by atoms with Crippen LogP contribution in [0.2, 0.25) is 5.02 Å². The van der Waals surface area contributed by atoms with Crippen molar-refractivity contribution in [2.75, 3.05) is 26.8 Å². The van der Waals surface area contributed by atoms with Crippen LogP contribution in [0.15, 0.2) is 24.3 Å². The summed E-state index contributed by atoms with van der Waals surface area (Å²) in [5.74, 6) is 0.614. The van der Waals surface area contributed by atoms with E-state index >= 15 is 0 Å². The molecule has 2 aliphatic rings. The summed E-state index contributed by atoms with van der Waals surface area (Å²) in [4.78, 5) is 15.3. The fourth-order valence-corrected chi connectivity index (χ4v) is 5.60. The van der Waals surface area contributed by atoms with Crippen LogP contribution >= 0.6 is 11.6 Å². The van der Waals surface area contributed by atoms with Crippen LogP contribution in [-0.4, -0.2) is 42.2 Å². The SMILES string of the molecule is COC[C@@]12CN(C(=O)c3cc4ccc(Cl)cc4n3C)C[C@@H]1C(C)(C)C2. The molecule has 0 radical (unpaired) electrons. The summed E-state index contributed by atoms with van der Waals surface area (Å²) < 4.78 is 7.46. The van der Waals surface area contributed by atoms with E-state index in [1.807, 2.05) is 40.8 Å². The number of nitrogens with zero attached hydrogens (tertiary/aromatic N) is 2. The molecule has 1 aromatic heterocycles. The van der Waals surface area contributed by atoms with Crippen LogP contribution in [-0.2, 0) is 11.8 Å². The van der Waals surface area contributed by atoms with E-state index in [0.717, 1.165) is 42.7 Å². The Bertz CT molecular complexity index is 857. The molecule has 2 atom stereocenters. The summed E-state index contributed by atoms with van der Waals surface area (Å²) in [5.41, 5.74) is 2.12. The Morgan fingerprint density at radius 2 is 2.12 bits per heavy atom. The summed E-state index contributed by atoms with van der Waals surface area (Å²) in [6, 6.07) is 7.72. The molecule has 2 fully saturated rings. The summed E-state index contributed by atoms with van der Waals surface area (Å²) in [5, 5.41) is 1.73. The van der Waals surface area contributed by atoms with Gasteiger partial charge in [-0.1, -0.05) is 31.5 Å². The van der Waals surface area contributed by atoms with E-state index < -0.39 is 0 Å². The molecule has 0 unspecified atom stereocenters. The number of amides is 1. The van der Waals surface area contributed by atoms with Crippen LogP contribution in [0.1, 0.15) is 30.8 Å². The quantitative estimate of drug-likeness (QED) is 0.830. The van der Waals surface area contributed by atoms with Crippen molar-refractivity contribution < 1.29 is 9.53 Å². The van der Waals surface area contributed by atoms with E-state index in [2.05, 4.69) is 13.8 Å². The molecule has 0 N–H and O–H groups in total. The third-order valence-electron chi connectivity index (χ3n) is 6.34. The van der Waals surface area contributed by atoms with Crippen LogP contribution in [0.3, 0.4) is 0 Å². The highest BCUT2D eigenvalue weighted by Crippen LogP contribution is 2.62. The third kappa shape index (κ3) is 2.42. The van der Waals surface area contributed by atoms with Crippen LogP contribution in [0.25, 0.3) is 10.9 Å². The molecule has 134 valence electrons. The molecule has 1 aliphatic heterocycles. The first-order chi connectivity index (χ1) is 11.8. The van der Waals surface area contributed by atoms with Gasteiger partial charge in [-0.3, -0.25) is 4.79 Å². The first-order valence-corrected chi connectivity index (χ1v) is 9.18. The van der Waals surface area contributed by atoms with Crippen molar-refractivity contribution in [3.05, 3.63) is 35.0 Å². The zero-order valence-electron chi connectivity index (χ0n) is 15.3. The predicted octanol–water partition coefficient (Wildman–Crippen LogP) is 3.97. The van der Waals surface area contributed by atoms with Gasteiger partial charge in [-0.2, -0.15) is 0 Å². The molecule has 2 aromatic rings. The van der Waals surface area contributed by atoms with Gasteiger partial charge in [-0.15, -0.1) is 0 Å². The van der Waals surface area contributed by atoms with E-state index in [1.165, 1.54) is 0 Å². The molecule has 1 amide bonds. The highest BCUT2D eigenvalue weighted by atomic mass is 35.5. The summed E-state index contributed by atoms with van der Waals surface area (Å²) in [6.45, 7) is 6.94. The van der Waals surface area contributed by atoms with Crippen molar-refractivity contribution in [1.82, 2.24) is 9.47 Å². The molecule has 5 heteroatoms. The summed E-state index contributed by atoms with van der Waals surface area (Å²) in [6.07, 6.45) is 1.12. The van der Waals surface area contributed by atoms with Gasteiger partial charge in [-0.25, -0.2) is 0 Å². The molecule has 1 saturated carbocycles. The summed E-state index contributed by atoms with van der Waals surface area (Å²) in [7, 11) is 3.70. The van der Waals surface area contributed by atoms with Gasteiger partial charge in [0.2, 0.25) is 0 Å². The molecule has 4 rings (SSSR count). The second-order valence-electron chi connectivity index (χ2n) is 8.49. The monoisotopic (exact) mass is 360 g/mol. The lowest BCUT2D eigenvalue weighted by atomic mass is 9.48. The maximum atomic E-state index is 13.2. The van der Waals surface area contributed by atoms with E-state index in [4.69, 9.17) is 16.3 Å². The maximum Gasteiger partial charge on any atom is 0.270 e. The van der Waals surface area contributed by atoms with Crippen molar-refractivity contribution in [2.24, 2.45) is 23.8 Å². The van der Waals surface area contributed by atoms with Crippen molar-refractivity contribution >= 4 is 28.4 Å². The topological polar surface area (TPSA) is 34.5 Å². The van der Waals surface area contributed by atoms with Gasteiger partial charge in [0, 0.05) is 48.6 Å². The zero-order valence-corrected chi connectivity index (χ0v) is 16.1. The number of methoxy groups -OCH3 is 1. The first-order valence-electron chi connectivity index (χ1n) is 8.81. The number of rotatable bonds is 3. The number of hydrogen-bond acceptors (Lipinski definition) is 2. The van der Waals surface area contributed by atoms with Gasteiger partial charge in [0.25, 0.3) is 5.91 Å². The number of aromatic nitrogens is 1. The average molecular weight is 361 g/mol. The number of hydrogen-bond donors (Lipinski definition) is 0. The normalized spacial score (nSPS) is 27.4. The number of likely N-dealkylation sites (tertiary alicyclic amines) is 1. The van der Waals surface area contributed by atoms with Gasteiger partial charge in [0.1, 0.15) is 5.69 Å². The van der Waals surface area contributed by atoms with Crippen molar-refractivity contribution in [3.63, 3.8) is 0 Å². The highest BCUT2D eigenvalue weighted by Gasteiger charge is 2.63. The Balaban J connectivity index is 1.65. The molecule has 1 aromatic carbocycles. The van der Waals surface area contributed by atoms with Crippen molar-refractivity contribution in [1.29, 1.82) is 0 Å². The minimum absolute atomic E-state index is 0.107. The Morgan fingerprint density at radius 1 is 1.36 bits per heavy atom. The van der Waals surface area contributed by atoms with Crippen LogP contribution in [0, 0.1) is 16.7 Å². The minimum atomic E-state index is 0.107. The average Bonchev–Trinajstić information content (AvgIpc) is 3.03. The Morgan fingerprint density at radius 3 is 2.80 bits per heavy atom. The number of fused-ring (bicyclic) bond motifs is 2. The van der Waals surface area contributed by atoms with Crippen molar-refractivity contribution in [2.45, 2.75) is 20.3 Å². The molecule has 0 spiro atoms. The maximum absolute atomic E-state index is 13.2. The number of halogens is 1. The fourth-order valence-electron chi connectivity index (χ4n) is 5.43. The second-order valence-corrected chi connectivity index (χ2v) is 8.93. The van der Waals surface area contributed by atoms with Gasteiger partial charge in [0.05, 0.1) is 6.61 Å². The Hall–Kier alpha value is -1.52. The zero-order chi connectivity index (χ0) is 18.0. The molecular weight excluding hydrogens is 336 g/mol. The largest absolute Gasteiger partial charge is 0.384 e. The number of carbonyl (C=O) groups is 1. The Labute approximate surface area is 153 Å². The van der Waals surface area contributed by atoms with E-state index in [9.17, 15) is 4.79 Å². The second kappa shape index (κ2) is 5.49. The number of benzene rings is 1. The number of ether oxygens (including phenoxy) is 1. The van der Waals surface area contributed by atoms with Crippen LogP contribution < -0.4 is 0 Å². The smallest absolute Gasteiger partial charge is 0.270 e. The van der Waals surface area contributed by atoms with E-state index in [1.54, 1.807) is 7.11 Å². The molecule has 25 heavy (non-hydrogen) atoms. The predicted molar refractivity (Wildman–Crippen MR) is 100 cm³/mol. The Kier molecular flexibility index (Phi) is 3.71.